The number of aryl methyl sites for hydroxylation is 1. The maximum absolute atomic E-state index is 12.8. The van der Waals surface area contributed by atoms with E-state index in [1.165, 1.54) is 18.4 Å². The second-order valence-electron chi connectivity index (χ2n) is 10.8. The number of rotatable bonds is 9. The Labute approximate surface area is 237 Å². The number of fused-ring (bicyclic) bond motifs is 1. The number of aliphatic imine (C=N–C) groups is 1. The fourth-order valence-corrected chi connectivity index (χ4v) is 5.22. The van der Waals surface area contributed by atoms with E-state index in [1.807, 2.05) is 48.5 Å². The molecule has 3 N–H and O–H groups in total. The summed E-state index contributed by atoms with van der Waals surface area (Å²) >= 11 is 0. The van der Waals surface area contributed by atoms with Gasteiger partial charge >= 0.3 is 0 Å². The number of hydrazine groups is 1. The van der Waals surface area contributed by atoms with E-state index in [9.17, 15) is 4.79 Å². The van der Waals surface area contributed by atoms with Crippen LogP contribution in [0.4, 0.5) is 11.4 Å². The maximum Gasteiger partial charge on any atom is 0.250 e. The van der Waals surface area contributed by atoms with Gasteiger partial charge in [0.2, 0.25) is 5.91 Å². The van der Waals surface area contributed by atoms with Gasteiger partial charge in [0.05, 0.1) is 18.8 Å². The largest absolute Gasteiger partial charge is 0.496 e. The average molecular weight is 541 g/mol. The molecule has 2 aromatic rings. The Morgan fingerprint density at radius 2 is 1.95 bits per heavy atom. The third-order valence-corrected chi connectivity index (χ3v) is 8.00. The number of amidine groups is 1. The molecule has 210 valence electrons. The molecule has 5 rings (SSSR count). The van der Waals surface area contributed by atoms with Crippen molar-refractivity contribution in [3.8, 4) is 5.75 Å². The van der Waals surface area contributed by atoms with E-state index in [2.05, 4.69) is 42.5 Å². The number of nitrogens with two attached hydrogens (primary N) is 1. The van der Waals surface area contributed by atoms with E-state index in [0.717, 1.165) is 58.3 Å². The SMILES string of the molecule is CCC1=CN=C2C(=C(N)C1)C(c1ccc(C)c(OC)c1)NN2c1ccc(N(C)C(=O)C=CCN(C)C2CC2)cc1. The molecule has 2 aromatic carbocycles. The second kappa shape index (κ2) is 11.7. The Morgan fingerprint density at radius 3 is 2.62 bits per heavy atom. The van der Waals surface area contributed by atoms with Gasteiger partial charge in [-0.15, -0.1) is 0 Å². The van der Waals surface area contributed by atoms with Gasteiger partial charge in [0.1, 0.15) is 5.75 Å². The van der Waals surface area contributed by atoms with Crippen LogP contribution in [0.15, 0.2) is 82.7 Å². The highest BCUT2D eigenvalue weighted by atomic mass is 16.5. The molecule has 0 aromatic heterocycles. The van der Waals surface area contributed by atoms with Gasteiger partial charge < -0.3 is 15.4 Å². The Morgan fingerprint density at radius 1 is 1.20 bits per heavy atom. The molecule has 0 spiro atoms. The average Bonchev–Trinajstić information content (AvgIpc) is 3.77. The quantitative estimate of drug-likeness (QED) is 0.436. The Bertz CT molecular complexity index is 1390. The number of carbonyl (C=O) groups is 1. The number of amides is 1. The number of hydrogen-bond acceptors (Lipinski definition) is 7. The lowest BCUT2D eigenvalue weighted by molar-refractivity contribution is -0.113. The number of nitrogens with zero attached hydrogens (tertiary/aromatic N) is 4. The van der Waals surface area contributed by atoms with Crippen LogP contribution in [-0.2, 0) is 4.79 Å². The van der Waals surface area contributed by atoms with Crippen molar-refractivity contribution in [1.29, 1.82) is 0 Å². The first-order chi connectivity index (χ1) is 19.3. The molecular formula is C32H40N6O2. The Kier molecular flexibility index (Phi) is 8.09. The van der Waals surface area contributed by atoms with Crippen molar-refractivity contribution in [1.82, 2.24) is 10.3 Å². The van der Waals surface area contributed by atoms with Crippen LogP contribution in [0, 0.1) is 6.92 Å². The highest BCUT2D eigenvalue weighted by Gasteiger charge is 2.38. The standard InChI is InChI=1S/C32H40N6O2/c1-6-22-18-27(33)30-31(23-10-9-21(2)28(19-23)40-5)35-38(32(30)34-20-22)26-15-13-25(14-16-26)37(4)29(39)8-7-17-36(3)24-11-12-24/h7-10,13-16,19-20,24,31,35H,6,11-12,17-18,33H2,1-5H3. The summed E-state index contributed by atoms with van der Waals surface area (Å²) in [7, 11) is 5.60. The Hall–Kier alpha value is -3.88. The number of nitrogens with one attached hydrogen (secondary N) is 1. The number of carbonyl (C=O) groups excluding carboxylic acids is 1. The highest BCUT2D eigenvalue weighted by Crippen LogP contribution is 2.38. The molecule has 1 aliphatic carbocycles. The fraction of sp³-hybridized carbons (Fsp3) is 0.375. The van der Waals surface area contributed by atoms with E-state index in [4.69, 9.17) is 15.5 Å². The van der Waals surface area contributed by atoms with Gasteiger partial charge in [-0.05, 0) is 80.3 Å². The molecule has 40 heavy (non-hydrogen) atoms. The van der Waals surface area contributed by atoms with E-state index in [-0.39, 0.29) is 11.9 Å². The van der Waals surface area contributed by atoms with Gasteiger partial charge in [-0.2, -0.15) is 0 Å². The number of benzene rings is 2. The Balaban J connectivity index is 1.40. The van der Waals surface area contributed by atoms with Gasteiger partial charge in [0.25, 0.3) is 0 Å². The third-order valence-electron chi connectivity index (χ3n) is 8.00. The summed E-state index contributed by atoms with van der Waals surface area (Å²) in [6, 6.07) is 14.6. The van der Waals surface area contributed by atoms with Crippen LogP contribution in [0.3, 0.4) is 0 Å². The van der Waals surface area contributed by atoms with Crippen LogP contribution in [0.25, 0.3) is 0 Å². The summed E-state index contributed by atoms with van der Waals surface area (Å²) in [5.74, 6) is 1.57. The minimum atomic E-state index is -0.180. The number of hydrogen-bond donors (Lipinski definition) is 2. The molecule has 2 fully saturated rings. The van der Waals surface area contributed by atoms with Gasteiger partial charge in [0.15, 0.2) is 5.84 Å². The minimum Gasteiger partial charge on any atom is -0.496 e. The summed E-state index contributed by atoms with van der Waals surface area (Å²) < 4.78 is 5.61. The van der Waals surface area contributed by atoms with Crippen LogP contribution < -0.4 is 25.8 Å². The summed E-state index contributed by atoms with van der Waals surface area (Å²) in [5.41, 5.74) is 17.2. The van der Waals surface area contributed by atoms with Crippen LogP contribution in [0.2, 0.25) is 0 Å². The number of likely N-dealkylation sites (N-methyl/N-ethyl adjacent to an activating group) is 2. The van der Waals surface area contributed by atoms with Crippen LogP contribution in [0.5, 0.6) is 5.75 Å². The maximum atomic E-state index is 12.8. The summed E-state index contributed by atoms with van der Waals surface area (Å²) in [4.78, 5) is 21.6. The van der Waals surface area contributed by atoms with E-state index < -0.39 is 0 Å². The molecule has 2 heterocycles. The summed E-state index contributed by atoms with van der Waals surface area (Å²) in [6.07, 6.45) is 9.62. The lowest BCUT2D eigenvalue weighted by Crippen LogP contribution is -2.35. The van der Waals surface area contributed by atoms with E-state index >= 15 is 0 Å². The predicted molar refractivity (Wildman–Crippen MR) is 162 cm³/mol. The minimum absolute atomic E-state index is 0.0482. The third kappa shape index (κ3) is 5.69. The van der Waals surface area contributed by atoms with Crippen LogP contribution >= 0.6 is 0 Å². The summed E-state index contributed by atoms with van der Waals surface area (Å²) in [5, 5.41) is 1.99. The number of anilines is 2. The molecular weight excluding hydrogens is 500 g/mol. The molecule has 1 saturated carbocycles. The topological polar surface area (TPSA) is 86.4 Å². The zero-order valence-corrected chi connectivity index (χ0v) is 24.1. The molecule has 2 aliphatic heterocycles. The molecule has 8 heteroatoms. The van der Waals surface area contributed by atoms with Crippen LogP contribution in [-0.4, -0.2) is 50.4 Å². The molecule has 1 unspecified atom stereocenters. The van der Waals surface area contributed by atoms with Gasteiger partial charge in [-0.3, -0.25) is 14.7 Å². The second-order valence-corrected chi connectivity index (χ2v) is 10.8. The molecule has 1 amide bonds. The first-order valence-corrected chi connectivity index (χ1v) is 14.0. The lowest BCUT2D eigenvalue weighted by Gasteiger charge is -2.22. The van der Waals surface area contributed by atoms with Gasteiger partial charge in [-0.1, -0.05) is 25.1 Å². The molecule has 1 atom stereocenters. The molecule has 0 radical (unpaired) electrons. The van der Waals surface area contributed by atoms with Crippen molar-refractivity contribution in [2.75, 3.05) is 37.7 Å². The number of methoxy groups -OCH3 is 1. The zero-order chi connectivity index (χ0) is 28.4. The van der Waals surface area contributed by atoms with Crippen molar-refractivity contribution in [2.24, 2.45) is 10.7 Å². The van der Waals surface area contributed by atoms with Crippen molar-refractivity contribution in [3.63, 3.8) is 0 Å². The van der Waals surface area contributed by atoms with Crippen molar-refractivity contribution < 1.29 is 9.53 Å². The molecule has 3 aliphatic rings. The highest BCUT2D eigenvalue weighted by molar-refractivity contribution is 6.13. The molecule has 1 saturated heterocycles. The van der Waals surface area contributed by atoms with E-state index in [0.29, 0.717) is 12.5 Å². The first kappa shape index (κ1) is 27.7. The predicted octanol–water partition coefficient (Wildman–Crippen LogP) is 4.99. The van der Waals surface area contributed by atoms with Crippen LogP contribution in [0.1, 0.15) is 49.8 Å². The van der Waals surface area contributed by atoms with Crippen molar-refractivity contribution >= 4 is 23.1 Å². The zero-order valence-electron chi connectivity index (χ0n) is 24.1. The number of ether oxygens (including phenoxy) is 1. The smallest absolute Gasteiger partial charge is 0.250 e. The number of allylic oxidation sites excluding steroid dienone is 1. The first-order valence-electron chi connectivity index (χ1n) is 14.0. The molecule has 8 nitrogen and oxygen atoms in total. The molecule has 0 bridgehead atoms. The van der Waals surface area contributed by atoms with Gasteiger partial charge in [0, 0.05) is 55.3 Å². The summed E-state index contributed by atoms with van der Waals surface area (Å²) in [6.45, 7) is 4.94. The lowest BCUT2D eigenvalue weighted by atomic mass is 9.95. The van der Waals surface area contributed by atoms with Gasteiger partial charge in [-0.25, -0.2) is 10.4 Å². The van der Waals surface area contributed by atoms with E-state index in [1.54, 1.807) is 25.1 Å². The monoisotopic (exact) mass is 540 g/mol. The van der Waals surface area contributed by atoms with Crippen molar-refractivity contribution in [3.05, 3.63) is 88.8 Å². The van der Waals surface area contributed by atoms with Crippen molar-refractivity contribution in [2.45, 2.75) is 51.6 Å². The normalized spacial score (nSPS) is 19.1. The fourth-order valence-electron chi connectivity index (χ4n) is 5.22.